The van der Waals surface area contributed by atoms with E-state index in [9.17, 15) is 13.2 Å². The van der Waals surface area contributed by atoms with Crippen LogP contribution in [0.25, 0.3) is 0 Å². The minimum atomic E-state index is -3.80. The Labute approximate surface area is 215 Å². The zero-order valence-electron chi connectivity index (χ0n) is 19.7. The molecule has 0 bridgehead atoms. The molecule has 184 valence electrons. The van der Waals surface area contributed by atoms with Crippen molar-refractivity contribution < 1.29 is 13.2 Å². The predicted molar refractivity (Wildman–Crippen MR) is 139 cm³/mol. The summed E-state index contributed by atoms with van der Waals surface area (Å²) in [6.45, 7) is 0.694. The van der Waals surface area contributed by atoms with Crippen LogP contribution in [0.4, 0.5) is 5.69 Å². The molecular formula is C27H25ClN4O3S. The highest BCUT2D eigenvalue weighted by Crippen LogP contribution is 2.31. The van der Waals surface area contributed by atoms with Gasteiger partial charge in [0.1, 0.15) is 4.90 Å². The van der Waals surface area contributed by atoms with Crippen LogP contribution in [0.1, 0.15) is 27.3 Å². The van der Waals surface area contributed by atoms with Gasteiger partial charge in [0.25, 0.3) is 5.91 Å². The third-order valence-corrected chi connectivity index (χ3v) is 8.73. The molecule has 0 fully saturated rings. The largest absolute Gasteiger partial charge is 0.302 e. The van der Waals surface area contributed by atoms with Gasteiger partial charge in [0.05, 0.1) is 17.3 Å². The van der Waals surface area contributed by atoms with Crippen LogP contribution in [0.2, 0.25) is 5.02 Å². The quantitative estimate of drug-likeness (QED) is 0.370. The van der Waals surface area contributed by atoms with Crippen LogP contribution >= 0.6 is 11.6 Å². The molecule has 1 amide bonds. The fourth-order valence-corrected chi connectivity index (χ4v) is 6.45. The molecule has 0 spiro atoms. The van der Waals surface area contributed by atoms with Gasteiger partial charge in [0, 0.05) is 49.1 Å². The van der Waals surface area contributed by atoms with Crippen molar-refractivity contribution in [3.8, 4) is 0 Å². The van der Waals surface area contributed by atoms with Crippen LogP contribution < -0.4 is 4.90 Å². The van der Waals surface area contributed by atoms with Crippen molar-refractivity contribution in [3.05, 3.63) is 112 Å². The van der Waals surface area contributed by atoms with E-state index >= 15 is 0 Å². The molecular weight excluding hydrogens is 496 g/mol. The molecule has 36 heavy (non-hydrogen) atoms. The van der Waals surface area contributed by atoms with E-state index in [4.69, 9.17) is 16.7 Å². The standard InChI is InChI=1S/C27H25ClN4O3S/c1-30-25-16-17-31(36(34,35)26-15-9-8-14-23(26)28)18-22(25)24(29-30)19-32(21-12-6-3-7-13-21)27(33)20-10-4-2-5-11-20/h2-15H,16-19H2,1H3. The summed E-state index contributed by atoms with van der Waals surface area (Å²) >= 11 is 6.23. The Morgan fingerprint density at radius 2 is 1.61 bits per heavy atom. The van der Waals surface area contributed by atoms with Crippen LogP contribution in [-0.2, 0) is 36.6 Å². The summed E-state index contributed by atoms with van der Waals surface area (Å²) in [5.41, 5.74) is 3.76. The summed E-state index contributed by atoms with van der Waals surface area (Å²) in [6, 6.07) is 25.0. The van der Waals surface area contributed by atoms with Crippen molar-refractivity contribution in [2.24, 2.45) is 7.05 Å². The lowest BCUT2D eigenvalue weighted by Gasteiger charge is -2.28. The molecule has 4 aromatic rings. The lowest BCUT2D eigenvalue weighted by Crippen LogP contribution is -2.37. The first-order valence-corrected chi connectivity index (χ1v) is 13.4. The molecule has 0 aliphatic carbocycles. The van der Waals surface area contributed by atoms with E-state index in [0.29, 0.717) is 24.2 Å². The van der Waals surface area contributed by atoms with Crippen molar-refractivity contribution in [2.45, 2.75) is 24.4 Å². The number of sulfonamides is 1. The Kier molecular flexibility index (Phi) is 6.66. The molecule has 0 N–H and O–H groups in total. The van der Waals surface area contributed by atoms with E-state index in [1.807, 2.05) is 55.6 Å². The minimum Gasteiger partial charge on any atom is -0.302 e. The third-order valence-electron chi connectivity index (χ3n) is 6.39. The zero-order chi connectivity index (χ0) is 25.3. The highest BCUT2D eigenvalue weighted by molar-refractivity contribution is 7.89. The highest BCUT2D eigenvalue weighted by Gasteiger charge is 2.34. The SMILES string of the molecule is Cn1nc(CN(C(=O)c2ccccc2)c2ccccc2)c2c1CCN(S(=O)(=O)c1ccccc1Cl)C2. The Morgan fingerprint density at radius 1 is 0.972 bits per heavy atom. The molecule has 7 nitrogen and oxygen atoms in total. The number of aromatic nitrogens is 2. The maximum Gasteiger partial charge on any atom is 0.258 e. The number of nitrogens with zero attached hydrogens (tertiary/aromatic N) is 4. The summed E-state index contributed by atoms with van der Waals surface area (Å²) in [6.07, 6.45) is 0.514. The fraction of sp³-hybridized carbons (Fsp3) is 0.185. The predicted octanol–water partition coefficient (Wildman–Crippen LogP) is 4.67. The number of amides is 1. The minimum absolute atomic E-state index is 0.0886. The van der Waals surface area contributed by atoms with E-state index < -0.39 is 10.0 Å². The molecule has 0 radical (unpaired) electrons. The van der Waals surface area contributed by atoms with Gasteiger partial charge >= 0.3 is 0 Å². The van der Waals surface area contributed by atoms with Crippen molar-refractivity contribution in [1.82, 2.24) is 14.1 Å². The Morgan fingerprint density at radius 3 is 2.31 bits per heavy atom. The van der Waals surface area contributed by atoms with Crippen LogP contribution in [-0.4, -0.2) is 35.0 Å². The van der Waals surface area contributed by atoms with Gasteiger partial charge in [-0.05, 0) is 36.4 Å². The average Bonchev–Trinajstić information content (AvgIpc) is 3.22. The fourth-order valence-electron chi connectivity index (χ4n) is 4.54. The number of hydrogen-bond donors (Lipinski definition) is 0. The van der Waals surface area contributed by atoms with Crippen molar-refractivity contribution in [2.75, 3.05) is 11.4 Å². The van der Waals surface area contributed by atoms with Crippen molar-refractivity contribution in [1.29, 1.82) is 0 Å². The van der Waals surface area contributed by atoms with Crippen LogP contribution in [0, 0.1) is 0 Å². The summed E-state index contributed by atoms with van der Waals surface area (Å²) in [5, 5.41) is 4.91. The first-order valence-electron chi connectivity index (χ1n) is 11.6. The number of anilines is 1. The number of aryl methyl sites for hydroxylation is 1. The van der Waals surface area contributed by atoms with E-state index in [-0.39, 0.29) is 28.9 Å². The van der Waals surface area contributed by atoms with Crippen molar-refractivity contribution in [3.63, 3.8) is 0 Å². The molecule has 0 saturated heterocycles. The number of halogens is 1. The average molecular weight is 521 g/mol. The Hall–Kier alpha value is -3.46. The first kappa shape index (κ1) is 24.2. The second-order valence-electron chi connectivity index (χ2n) is 8.61. The number of hydrogen-bond acceptors (Lipinski definition) is 4. The van der Waals surface area contributed by atoms with Gasteiger partial charge in [0.15, 0.2) is 0 Å². The number of carbonyl (C=O) groups is 1. The number of fused-ring (bicyclic) bond motifs is 1. The summed E-state index contributed by atoms with van der Waals surface area (Å²) < 4.78 is 30.1. The molecule has 0 atom stereocenters. The monoisotopic (exact) mass is 520 g/mol. The normalized spacial score (nSPS) is 13.8. The second-order valence-corrected chi connectivity index (χ2v) is 10.9. The van der Waals surface area contributed by atoms with E-state index in [1.165, 1.54) is 10.4 Å². The molecule has 1 aromatic heterocycles. The number of rotatable bonds is 6. The molecule has 3 aromatic carbocycles. The lowest BCUT2D eigenvalue weighted by molar-refractivity contribution is 0.0984. The van der Waals surface area contributed by atoms with Gasteiger partial charge in [-0.1, -0.05) is 60.1 Å². The Balaban J connectivity index is 1.50. The Bertz CT molecular complexity index is 1500. The van der Waals surface area contributed by atoms with E-state index in [1.54, 1.807) is 39.9 Å². The van der Waals surface area contributed by atoms with Crippen LogP contribution in [0.15, 0.2) is 89.8 Å². The molecule has 1 aliphatic rings. The summed E-state index contributed by atoms with van der Waals surface area (Å²) in [7, 11) is -1.95. The van der Waals surface area contributed by atoms with E-state index in [0.717, 1.165) is 16.9 Å². The maximum atomic E-state index is 13.5. The van der Waals surface area contributed by atoms with Gasteiger partial charge in [0.2, 0.25) is 10.0 Å². The van der Waals surface area contributed by atoms with E-state index in [2.05, 4.69) is 0 Å². The van der Waals surface area contributed by atoms with Gasteiger partial charge in [-0.3, -0.25) is 9.48 Å². The van der Waals surface area contributed by atoms with Gasteiger partial charge in [-0.15, -0.1) is 0 Å². The molecule has 2 heterocycles. The van der Waals surface area contributed by atoms with Gasteiger partial charge in [-0.2, -0.15) is 9.40 Å². The molecule has 0 saturated carbocycles. The highest BCUT2D eigenvalue weighted by atomic mass is 35.5. The lowest BCUT2D eigenvalue weighted by atomic mass is 10.1. The summed E-state index contributed by atoms with van der Waals surface area (Å²) in [4.78, 5) is 15.3. The number of para-hydroxylation sites is 1. The number of carbonyl (C=O) groups excluding carboxylic acids is 1. The molecule has 1 aliphatic heterocycles. The van der Waals surface area contributed by atoms with Crippen LogP contribution in [0.3, 0.4) is 0 Å². The zero-order valence-corrected chi connectivity index (χ0v) is 21.3. The molecule has 0 unspecified atom stereocenters. The van der Waals surface area contributed by atoms with Gasteiger partial charge in [-0.25, -0.2) is 8.42 Å². The first-order chi connectivity index (χ1) is 17.4. The number of benzene rings is 3. The maximum absolute atomic E-state index is 13.5. The summed E-state index contributed by atoms with van der Waals surface area (Å²) in [5.74, 6) is -0.155. The molecule has 9 heteroatoms. The third kappa shape index (κ3) is 4.55. The van der Waals surface area contributed by atoms with Crippen LogP contribution in [0.5, 0.6) is 0 Å². The molecule has 5 rings (SSSR count). The second kappa shape index (κ2) is 9.89. The van der Waals surface area contributed by atoms with Crippen molar-refractivity contribution >= 4 is 33.2 Å². The topological polar surface area (TPSA) is 75.5 Å². The smallest absolute Gasteiger partial charge is 0.258 e. The van der Waals surface area contributed by atoms with Gasteiger partial charge < -0.3 is 4.90 Å².